The molecule has 1 N–H and O–H groups in total. The van der Waals surface area contributed by atoms with Gasteiger partial charge in [0.15, 0.2) is 0 Å². The number of rotatable bonds is 2. The van der Waals surface area contributed by atoms with Crippen LogP contribution in [0.25, 0.3) is 0 Å². The van der Waals surface area contributed by atoms with E-state index in [0.29, 0.717) is 45.4 Å². The fourth-order valence-corrected chi connectivity index (χ4v) is 6.75. The molecule has 12 heteroatoms. The molecule has 0 aliphatic carbocycles. The number of hydrogen-bond donors (Lipinski definition) is 1. The second-order valence-electron chi connectivity index (χ2n) is 9.35. The number of ether oxygens (including phenoxy) is 2. The predicted molar refractivity (Wildman–Crippen MR) is 118 cm³/mol. The van der Waals surface area contributed by atoms with Crippen LogP contribution >= 0.6 is 0 Å². The van der Waals surface area contributed by atoms with Crippen LogP contribution in [-0.2, 0) is 24.3 Å². The monoisotopic (exact) mass is 496 g/mol. The van der Waals surface area contributed by atoms with Gasteiger partial charge in [-0.1, -0.05) is 0 Å². The number of carbonyl (C=O) groups excluding carboxylic acids is 2. The van der Waals surface area contributed by atoms with Gasteiger partial charge in [0, 0.05) is 39.3 Å². The number of sulfonamides is 1. The third kappa shape index (κ3) is 4.51. The Morgan fingerprint density at radius 3 is 2.56 bits per heavy atom. The van der Waals surface area contributed by atoms with Crippen molar-refractivity contribution in [3.8, 4) is 0 Å². The van der Waals surface area contributed by atoms with Crippen LogP contribution in [0.2, 0.25) is 0 Å². The Balaban J connectivity index is 1.20. The van der Waals surface area contributed by atoms with Gasteiger partial charge in [-0.15, -0.1) is 0 Å². The number of hydrogen-bond acceptors (Lipinski definition) is 6. The smallest absolute Gasteiger partial charge is 0.320 e. The van der Waals surface area contributed by atoms with Crippen molar-refractivity contribution in [2.75, 3.05) is 52.5 Å². The molecule has 1 aromatic rings. The van der Waals surface area contributed by atoms with E-state index < -0.39 is 21.4 Å². The van der Waals surface area contributed by atoms with E-state index in [2.05, 4.69) is 5.32 Å². The Morgan fingerprint density at radius 2 is 1.82 bits per heavy atom. The molecule has 0 radical (unpaired) electrons. The first-order chi connectivity index (χ1) is 16.3. The Labute approximate surface area is 198 Å². The fraction of sp³-hybridized carbons (Fsp3) is 0.636. The molecule has 34 heavy (non-hydrogen) atoms. The van der Waals surface area contributed by atoms with Crippen LogP contribution in [0, 0.1) is 5.82 Å². The molecule has 2 unspecified atom stereocenters. The van der Waals surface area contributed by atoms with E-state index in [1.165, 1.54) is 16.4 Å². The van der Waals surface area contributed by atoms with Crippen molar-refractivity contribution in [3.63, 3.8) is 0 Å². The van der Waals surface area contributed by atoms with Crippen LogP contribution in [0.4, 0.5) is 9.18 Å². The summed E-state index contributed by atoms with van der Waals surface area (Å²) in [6.45, 7) is 2.66. The van der Waals surface area contributed by atoms with E-state index in [0.717, 1.165) is 12.1 Å². The van der Waals surface area contributed by atoms with Crippen molar-refractivity contribution in [2.24, 2.45) is 0 Å². The summed E-state index contributed by atoms with van der Waals surface area (Å²) in [6, 6.07) is 4.55. The molecule has 1 spiro atoms. The van der Waals surface area contributed by atoms with Crippen molar-refractivity contribution in [2.45, 2.75) is 41.9 Å². The van der Waals surface area contributed by atoms with E-state index in [4.69, 9.17) is 9.47 Å². The zero-order valence-electron chi connectivity index (χ0n) is 18.8. The van der Waals surface area contributed by atoms with Gasteiger partial charge in [0.1, 0.15) is 12.4 Å². The quantitative estimate of drug-likeness (QED) is 0.635. The van der Waals surface area contributed by atoms with Crippen LogP contribution in [0.15, 0.2) is 29.2 Å². The van der Waals surface area contributed by atoms with Crippen LogP contribution in [0.5, 0.6) is 0 Å². The third-order valence-corrected chi connectivity index (χ3v) is 9.06. The molecule has 0 saturated carbocycles. The summed E-state index contributed by atoms with van der Waals surface area (Å²) in [6.07, 6.45) is 1.66. The molecule has 10 nitrogen and oxygen atoms in total. The van der Waals surface area contributed by atoms with E-state index in [1.807, 2.05) is 0 Å². The van der Waals surface area contributed by atoms with Crippen molar-refractivity contribution < 1.29 is 31.9 Å². The molecule has 5 rings (SSSR count). The minimum atomic E-state index is -3.77. The highest BCUT2D eigenvalue weighted by Gasteiger charge is 2.45. The lowest BCUT2D eigenvalue weighted by atomic mass is 9.90. The largest absolute Gasteiger partial charge is 0.372 e. The highest BCUT2D eigenvalue weighted by molar-refractivity contribution is 7.89. The van der Waals surface area contributed by atoms with Gasteiger partial charge >= 0.3 is 6.03 Å². The molecule has 3 amide bonds. The summed E-state index contributed by atoms with van der Waals surface area (Å²) >= 11 is 0. The first-order valence-corrected chi connectivity index (χ1v) is 13.0. The molecule has 4 aliphatic heterocycles. The number of likely N-dealkylation sites (tertiary alicyclic amines) is 2. The molecule has 2 atom stereocenters. The summed E-state index contributed by atoms with van der Waals surface area (Å²) in [5.41, 5.74) is -0.652. The van der Waals surface area contributed by atoms with Gasteiger partial charge in [0.2, 0.25) is 15.9 Å². The summed E-state index contributed by atoms with van der Waals surface area (Å²) in [4.78, 5) is 28.4. The lowest BCUT2D eigenvalue weighted by molar-refractivity contribution is -0.140. The van der Waals surface area contributed by atoms with Gasteiger partial charge in [-0.2, -0.15) is 4.31 Å². The maximum Gasteiger partial charge on any atom is 0.320 e. The molecule has 0 aromatic heterocycles. The van der Waals surface area contributed by atoms with E-state index in [9.17, 15) is 22.4 Å². The van der Waals surface area contributed by atoms with Gasteiger partial charge in [-0.25, -0.2) is 17.6 Å². The Kier molecular flexibility index (Phi) is 6.25. The maximum atomic E-state index is 13.2. The van der Waals surface area contributed by atoms with Gasteiger partial charge in [-0.05, 0) is 43.5 Å². The molecule has 186 valence electrons. The molecule has 1 aromatic carbocycles. The lowest BCUT2D eigenvalue weighted by Gasteiger charge is -2.48. The normalized spacial score (nSPS) is 27.9. The second kappa shape index (κ2) is 9.06. The number of carbonyl (C=O) groups is 2. The number of urea groups is 1. The number of piperidine rings is 2. The van der Waals surface area contributed by atoms with Crippen molar-refractivity contribution in [1.82, 2.24) is 19.4 Å². The third-order valence-electron chi connectivity index (χ3n) is 7.20. The Bertz CT molecular complexity index is 1040. The zero-order valence-corrected chi connectivity index (χ0v) is 19.6. The summed E-state index contributed by atoms with van der Waals surface area (Å²) in [5, 5.41) is 2.91. The van der Waals surface area contributed by atoms with Crippen LogP contribution in [-0.4, -0.2) is 105 Å². The molecular weight excluding hydrogens is 467 g/mol. The minimum absolute atomic E-state index is 0.0562. The Morgan fingerprint density at radius 1 is 1.09 bits per heavy atom. The van der Waals surface area contributed by atoms with Gasteiger partial charge in [0.25, 0.3) is 0 Å². The van der Waals surface area contributed by atoms with E-state index >= 15 is 0 Å². The number of benzene rings is 1. The average Bonchev–Trinajstić information content (AvgIpc) is 2.84. The maximum absolute atomic E-state index is 13.2. The SMILES string of the molecule is O=C1COC2CCN(C(=O)N3CCC4(CC3)CN(S(=O)(=O)c3ccc(F)cc3)CCO4)CC2N1. The highest BCUT2D eigenvalue weighted by atomic mass is 32.2. The standard InChI is InChI=1S/C22H29FN4O6S/c23-16-1-3-17(4-2-16)34(30,31)27-11-12-33-22(15-27)6-9-25(10-7-22)21(29)26-8-5-19-18(13-26)24-20(28)14-32-19/h1-4,18-19H,5-15H2,(H,24,28). The van der Waals surface area contributed by atoms with Crippen molar-refractivity contribution in [1.29, 1.82) is 0 Å². The second-order valence-corrected chi connectivity index (χ2v) is 11.3. The molecule has 4 heterocycles. The molecular formula is C22H29FN4O6S. The number of amides is 3. The summed E-state index contributed by atoms with van der Waals surface area (Å²) in [7, 11) is -3.77. The fourth-order valence-electron chi connectivity index (χ4n) is 5.25. The lowest BCUT2D eigenvalue weighted by Crippen LogP contribution is -2.63. The minimum Gasteiger partial charge on any atom is -0.372 e. The first-order valence-electron chi connectivity index (χ1n) is 11.6. The molecule has 4 aliphatic rings. The zero-order chi connectivity index (χ0) is 23.9. The number of halogens is 1. The average molecular weight is 497 g/mol. The predicted octanol–water partition coefficient (Wildman–Crippen LogP) is 0.391. The van der Waals surface area contributed by atoms with Gasteiger partial charge in [0.05, 0.1) is 29.2 Å². The number of nitrogens with zero attached hydrogens (tertiary/aromatic N) is 3. The Hall–Kier alpha value is -2.28. The summed E-state index contributed by atoms with van der Waals surface area (Å²) in [5.74, 6) is -0.651. The van der Waals surface area contributed by atoms with Crippen molar-refractivity contribution in [3.05, 3.63) is 30.1 Å². The van der Waals surface area contributed by atoms with E-state index in [-0.39, 0.29) is 55.3 Å². The first kappa shape index (κ1) is 23.5. The number of morpholine rings is 2. The van der Waals surface area contributed by atoms with Gasteiger partial charge in [-0.3, -0.25) is 4.79 Å². The number of nitrogens with one attached hydrogen (secondary N) is 1. The molecule has 4 fully saturated rings. The van der Waals surface area contributed by atoms with Crippen LogP contribution in [0.1, 0.15) is 19.3 Å². The highest BCUT2D eigenvalue weighted by Crippen LogP contribution is 2.33. The molecule has 4 saturated heterocycles. The topological polar surface area (TPSA) is 108 Å². The van der Waals surface area contributed by atoms with E-state index in [1.54, 1.807) is 9.80 Å². The van der Waals surface area contributed by atoms with Crippen LogP contribution in [0.3, 0.4) is 0 Å². The van der Waals surface area contributed by atoms with Crippen LogP contribution < -0.4 is 5.32 Å². The number of fused-ring (bicyclic) bond motifs is 1. The molecule has 0 bridgehead atoms. The summed E-state index contributed by atoms with van der Waals surface area (Å²) < 4.78 is 52.4. The van der Waals surface area contributed by atoms with Crippen molar-refractivity contribution >= 4 is 22.0 Å². The van der Waals surface area contributed by atoms with Gasteiger partial charge < -0.3 is 24.6 Å².